The first-order valence-corrected chi connectivity index (χ1v) is 10.4. The second-order valence-electron chi connectivity index (χ2n) is 6.40. The maximum Gasteiger partial charge on any atom is 0.0554 e. The van der Waals surface area contributed by atoms with Gasteiger partial charge >= 0.3 is 0 Å². The van der Waals surface area contributed by atoms with E-state index < -0.39 is 0 Å². The summed E-state index contributed by atoms with van der Waals surface area (Å²) in [4.78, 5) is 2.34. The van der Waals surface area contributed by atoms with Crippen molar-refractivity contribution in [3.05, 3.63) is 102 Å². The van der Waals surface area contributed by atoms with Crippen LogP contribution in [0.2, 0.25) is 0 Å². The molecule has 0 saturated heterocycles. The summed E-state index contributed by atoms with van der Waals surface area (Å²) in [6.45, 7) is 0. The predicted octanol–water partition coefficient (Wildman–Crippen LogP) is 8.29. The summed E-state index contributed by atoms with van der Waals surface area (Å²) in [7, 11) is 0. The summed E-state index contributed by atoms with van der Waals surface area (Å²) >= 11 is 5.45. The zero-order chi connectivity index (χ0) is 18.2. The molecule has 0 spiro atoms. The molecule has 4 aromatic carbocycles. The fraction of sp³-hybridized carbons (Fsp3) is 0. The van der Waals surface area contributed by atoms with Crippen molar-refractivity contribution >= 4 is 64.5 Å². The highest BCUT2D eigenvalue weighted by atomic mass is 79.9. The van der Waals surface area contributed by atoms with Gasteiger partial charge in [-0.25, -0.2) is 0 Å². The van der Waals surface area contributed by atoms with Crippen molar-refractivity contribution < 1.29 is 0 Å². The van der Waals surface area contributed by atoms with Crippen LogP contribution < -0.4 is 4.90 Å². The molecule has 0 radical (unpaired) electrons. The molecule has 0 aliphatic heterocycles. The van der Waals surface area contributed by atoms with E-state index in [9.17, 15) is 0 Å². The number of rotatable bonds is 3. The highest BCUT2D eigenvalue weighted by Crippen LogP contribution is 2.44. The molecule has 1 heterocycles. The van der Waals surface area contributed by atoms with Crippen molar-refractivity contribution in [1.82, 2.24) is 0 Å². The van der Waals surface area contributed by atoms with Crippen LogP contribution in [-0.4, -0.2) is 0 Å². The third-order valence-corrected chi connectivity index (χ3v) is 6.32. The molecule has 27 heavy (non-hydrogen) atoms. The van der Waals surface area contributed by atoms with Crippen LogP contribution in [0.15, 0.2) is 102 Å². The van der Waals surface area contributed by atoms with Crippen molar-refractivity contribution in [3.8, 4) is 0 Å². The van der Waals surface area contributed by atoms with Crippen molar-refractivity contribution in [1.29, 1.82) is 0 Å². The van der Waals surface area contributed by atoms with Gasteiger partial charge in [0, 0.05) is 36.0 Å². The molecule has 0 N–H and O–H groups in total. The van der Waals surface area contributed by atoms with Crippen LogP contribution in [0.4, 0.5) is 17.1 Å². The normalized spacial score (nSPS) is 11.1. The number of anilines is 3. The maximum atomic E-state index is 3.61. The van der Waals surface area contributed by atoms with Crippen molar-refractivity contribution in [3.63, 3.8) is 0 Å². The number of nitrogens with zero attached hydrogens (tertiary/aromatic N) is 1. The summed E-state index contributed by atoms with van der Waals surface area (Å²) in [6, 6.07) is 34.3. The van der Waals surface area contributed by atoms with Gasteiger partial charge in [-0.3, -0.25) is 0 Å². The van der Waals surface area contributed by atoms with Gasteiger partial charge in [0.25, 0.3) is 0 Å². The van der Waals surface area contributed by atoms with E-state index in [2.05, 4.69) is 118 Å². The maximum absolute atomic E-state index is 3.61. The SMILES string of the molecule is Brc1ccc2c(c1)sc1cccc(N(c3ccccc3)c3ccccc3)c12. The fourth-order valence-electron chi connectivity index (χ4n) is 3.55. The van der Waals surface area contributed by atoms with Gasteiger partial charge in [-0.15, -0.1) is 11.3 Å². The van der Waals surface area contributed by atoms with Crippen molar-refractivity contribution in [2.75, 3.05) is 4.90 Å². The Hall–Kier alpha value is -2.62. The third kappa shape index (κ3) is 2.93. The lowest BCUT2D eigenvalue weighted by Gasteiger charge is -2.26. The Bertz CT molecular complexity index is 1190. The minimum atomic E-state index is 1.12. The van der Waals surface area contributed by atoms with Crippen molar-refractivity contribution in [2.24, 2.45) is 0 Å². The lowest BCUT2D eigenvalue weighted by Crippen LogP contribution is -2.09. The van der Waals surface area contributed by atoms with Crippen LogP contribution in [-0.2, 0) is 0 Å². The Kier molecular flexibility index (Phi) is 4.19. The fourth-order valence-corrected chi connectivity index (χ4v) is 5.23. The number of para-hydroxylation sites is 2. The smallest absolute Gasteiger partial charge is 0.0554 e. The molecule has 0 aliphatic carbocycles. The molecule has 0 aliphatic rings. The first-order valence-electron chi connectivity index (χ1n) is 8.82. The molecule has 5 rings (SSSR count). The minimum Gasteiger partial charge on any atom is -0.310 e. The largest absolute Gasteiger partial charge is 0.310 e. The number of hydrogen-bond acceptors (Lipinski definition) is 2. The second kappa shape index (κ2) is 6.84. The molecule has 0 fully saturated rings. The zero-order valence-corrected chi connectivity index (χ0v) is 16.9. The average Bonchev–Trinajstić information content (AvgIpc) is 3.08. The van der Waals surface area contributed by atoms with Crippen LogP contribution in [0.5, 0.6) is 0 Å². The van der Waals surface area contributed by atoms with E-state index in [1.807, 2.05) is 11.3 Å². The first-order chi connectivity index (χ1) is 13.3. The van der Waals surface area contributed by atoms with Gasteiger partial charge in [-0.1, -0.05) is 64.5 Å². The Morgan fingerprint density at radius 1 is 0.630 bits per heavy atom. The summed E-state index contributed by atoms with van der Waals surface area (Å²) in [5.41, 5.74) is 3.53. The minimum absolute atomic E-state index is 1.12. The van der Waals surface area contributed by atoms with Gasteiger partial charge in [-0.2, -0.15) is 0 Å². The van der Waals surface area contributed by atoms with Crippen LogP contribution in [0.25, 0.3) is 20.2 Å². The molecular formula is C24H16BrNS. The molecule has 130 valence electrons. The third-order valence-electron chi connectivity index (χ3n) is 4.71. The van der Waals surface area contributed by atoms with E-state index in [1.54, 1.807) is 0 Å². The van der Waals surface area contributed by atoms with E-state index in [-0.39, 0.29) is 0 Å². The molecule has 0 atom stereocenters. The Balaban J connectivity index is 1.84. The summed E-state index contributed by atoms with van der Waals surface area (Å²) in [6.07, 6.45) is 0. The van der Waals surface area contributed by atoms with Gasteiger partial charge < -0.3 is 4.90 Å². The van der Waals surface area contributed by atoms with Crippen LogP contribution in [0.1, 0.15) is 0 Å². The molecule has 1 aromatic heterocycles. The quantitative estimate of drug-likeness (QED) is 0.278. The van der Waals surface area contributed by atoms with E-state index in [4.69, 9.17) is 0 Å². The van der Waals surface area contributed by atoms with Gasteiger partial charge in [0.2, 0.25) is 0 Å². The molecule has 0 amide bonds. The number of hydrogen-bond donors (Lipinski definition) is 0. The van der Waals surface area contributed by atoms with Gasteiger partial charge in [0.15, 0.2) is 0 Å². The van der Waals surface area contributed by atoms with Crippen molar-refractivity contribution in [2.45, 2.75) is 0 Å². The van der Waals surface area contributed by atoms with E-state index >= 15 is 0 Å². The number of fused-ring (bicyclic) bond motifs is 3. The first kappa shape index (κ1) is 16.5. The zero-order valence-electron chi connectivity index (χ0n) is 14.5. The van der Waals surface area contributed by atoms with Gasteiger partial charge in [-0.05, 0) is 48.5 Å². The van der Waals surface area contributed by atoms with Crippen LogP contribution in [0.3, 0.4) is 0 Å². The summed E-state index contributed by atoms with van der Waals surface area (Å²) in [5.74, 6) is 0. The average molecular weight is 430 g/mol. The lowest BCUT2D eigenvalue weighted by molar-refractivity contribution is 1.30. The molecule has 0 bridgehead atoms. The molecule has 0 saturated carbocycles. The van der Waals surface area contributed by atoms with E-state index in [0.717, 1.165) is 15.8 Å². The second-order valence-corrected chi connectivity index (χ2v) is 8.40. The van der Waals surface area contributed by atoms with Gasteiger partial charge in [0.1, 0.15) is 0 Å². The van der Waals surface area contributed by atoms with Crippen LogP contribution >= 0.6 is 27.3 Å². The van der Waals surface area contributed by atoms with Crippen LogP contribution in [0, 0.1) is 0 Å². The van der Waals surface area contributed by atoms with E-state index in [1.165, 1.54) is 25.9 Å². The topological polar surface area (TPSA) is 3.24 Å². The Labute approximate surface area is 170 Å². The number of halogens is 1. The highest BCUT2D eigenvalue weighted by Gasteiger charge is 2.17. The lowest BCUT2D eigenvalue weighted by atomic mass is 10.1. The molecule has 5 aromatic rings. The predicted molar refractivity (Wildman–Crippen MR) is 122 cm³/mol. The molecule has 1 nitrogen and oxygen atoms in total. The Morgan fingerprint density at radius 2 is 1.30 bits per heavy atom. The molecule has 0 unspecified atom stereocenters. The molecular weight excluding hydrogens is 414 g/mol. The van der Waals surface area contributed by atoms with E-state index in [0.29, 0.717) is 0 Å². The molecule has 3 heteroatoms. The standard InChI is InChI=1S/C24H16BrNS/c25-17-14-15-20-23(16-17)27-22-13-7-12-21(24(20)22)26(18-8-3-1-4-9-18)19-10-5-2-6-11-19/h1-16H. The monoisotopic (exact) mass is 429 g/mol. The number of benzene rings is 4. The Morgan fingerprint density at radius 3 is 1.96 bits per heavy atom. The summed E-state index contributed by atoms with van der Waals surface area (Å²) in [5, 5.41) is 2.60. The highest BCUT2D eigenvalue weighted by molar-refractivity contribution is 9.10. The summed E-state index contributed by atoms with van der Waals surface area (Å²) < 4.78 is 3.72. The number of thiophene rings is 1. The van der Waals surface area contributed by atoms with Gasteiger partial charge in [0.05, 0.1) is 5.69 Å².